The third kappa shape index (κ3) is 4.03. The van der Waals surface area contributed by atoms with E-state index in [1.807, 2.05) is 11.8 Å². The molecule has 20 heavy (non-hydrogen) atoms. The zero-order valence-corrected chi connectivity index (χ0v) is 14.7. The molecular formula is C13H25ClN2O2S2. The quantitative estimate of drug-likeness (QED) is 0.741. The summed E-state index contributed by atoms with van der Waals surface area (Å²) in [7, 11) is -3.28. The Labute approximate surface area is 132 Å². The first-order valence-electron chi connectivity index (χ1n) is 7.30. The smallest absolute Gasteiger partial charge is 0.195 e. The lowest BCUT2D eigenvalue weighted by Gasteiger charge is -2.34. The monoisotopic (exact) mass is 340 g/mol. The van der Waals surface area contributed by atoms with E-state index in [2.05, 4.69) is 13.8 Å². The summed E-state index contributed by atoms with van der Waals surface area (Å²) in [5, 5.41) is 0. The average molecular weight is 341 g/mol. The molecule has 2 aliphatic heterocycles. The predicted molar refractivity (Wildman–Crippen MR) is 86.7 cm³/mol. The van der Waals surface area contributed by atoms with Crippen LogP contribution in [0.2, 0.25) is 0 Å². The molecule has 2 saturated heterocycles. The molecule has 2 fully saturated rings. The normalized spacial score (nSPS) is 27.4. The summed E-state index contributed by atoms with van der Waals surface area (Å²) in [6, 6.07) is 0. The largest absolute Gasteiger partial charge is 0.282 e. The van der Waals surface area contributed by atoms with Crippen molar-refractivity contribution in [2.24, 2.45) is 5.92 Å². The van der Waals surface area contributed by atoms with Crippen LogP contribution in [-0.4, -0.2) is 59.6 Å². The van der Waals surface area contributed by atoms with E-state index in [4.69, 9.17) is 11.6 Å². The molecule has 0 amide bonds. The van der Waals surface area contributed by atoms with Gasteiger partial charge in [-0.2, -0.15) is 28.8 Å². The number of hydrogen-bond acceptors (Lipinski definition) is 3. The highest BCUT2D eigenvalue weighted by molar-refractivity contribution is 8.00. The molecule has 7 heteroatoms. The van der Waals surface area contributed by atoms with E-state index < -0.39 is 10.2 Å². The lowest BCUT2D eigenvalue weighted by Crippen LogP contribution is -2.48. The Morgan fingerprint density at radius 2 is 1.75 bits per heavy atom. The van der Waals surface area contributed by atoms with E-state index in [9.17, 15) is 8.42 Å². The standard InChI is InChI=1S/C13H25ClN2O2S2/c1-13(2)5-8-16(9-10-19-13)20(17,18)15-6-3-12(11-14)4-7-15/h12H,3-11H2,1-2H3. The summed E-state index contributed by atoms with van der Waals surface area (Å²) in [6.07, 6.45) is 2.68. The van der Waals surface area contributed by atoms with Gasteiger partial charge < -0.3 is 0 Å². The van der Waals surface area contributed by atoms with Crippen LogP contribution in [0, 0.1) is 5.92 Å². The Bertz CT molecular complexity index is 420. The van der Waals surface area contributed by atoms with Crippen LogP contribution in [-0.2, 0) is 10.2 Å². The van der Waals surface area contributed by atoms with Crippen LogP contribution in [0.3, 0.4) is 0 Å². The van der Waals surface area contributed by atoms with Gasteiger partial charge in [0.15, 0.2) is 0 Å². The van der Waals surface area contributed by atoms with Gasteiger partial charge in [0.05, 0.1) is 0 Å². The lowest BCUT2D eigenvalue weighted by atomic mass is 10.0. The first-order chi connectivity index (χ1) is 9.35. The van der Waals surface area contributed by atoms with Crippen molar-refractivity contribution in [1.29, 1.82) is 0 Å². The Kier molecular flexibility index (Phi) is 5.68. The third-order valence-corrected chi connectivity index (χ3v) is 8.09. The summed E-state index contributed by atoms with van der Waals surface area (Å²) in [6.45, 7) is 6.89. The SMILES string of the molecule is CC1(C)CCN(S(=O)(=O)N2CCC(CCl)CC2)CCS1. The molecule has 2 heterocycles. The maximum absolute atomic E-state index is 12.7. The number of alkyl halides is 1. The Morgan fingerprint density at radius 1 is 1.15 bits per heavy atom. The average Bonchev–Trinajstić information content (AvgIpc) is 2.60. The van der Waals surface area contributed by atoms with Crippen molar-refractivity contribution in [2.75, 3.05) is 37.8 Å². The van der Waals surface area contributed by atoms with Crippen LogP contribution in [0.1, 0.15) is 33.1 Å². The number of thioether (sulfide) groups is 1. The van der Waals surface area contributed by atoms with Gasteiger partial charge in [0.1, 0.15) is 0 Å². The Balaban J connectivity index is 2.00. The third-order valence-electron chi connectivity index (χ3n) is 4.24. The Morgan fingerprint density at radius 3 is 2.35 bits per heavy atom. The molecule has 2 rings (SSSR count). The van der Waals surface area contributed by atoms with Crippen molar-refractivity contribution in [1.82, 2.24) is 8.61 Å². The number of nitrogens with zero attached hydrogens (tertiary/aromatic N) is 2. The van der Waals surface area contributed by atoms with Gasteiger partial charge in [-0.25, -0.2) is 0 Å². The van der Waals surface area contributed by atoms with Crippen molar-refractivity contribution in [3.05, 3.63) is 0 Å². The minimum atomic E-state index is -3.28. The van der Waals surface area contributed by atoms with Crippen molar-refractivity contribution in [2.45, 2.75) is 37.9 Å². The van der Waals surface area contributed by atoms with Crippen molar-refractivity contribution in [3.63, 3.8) is 0 Å². The Hall–Kier alpha value is 0.510. The van der Waals surface area contributed by atoms with E-state index in [1.54, 1.807) is 8.61 Å². The molecule has 0 aliphatic carbocycles. The molecule has 4 nitrogen and oxygen atoms in total. The second kappa shape index (κ2) is 6.73. The van der Waals surface area contributed by atoms with Gasteiger partial charge in [0.25, 0.3) is 10.2 Å². The number of piperidine rings is 1. The van der Waals surface area contributed by atoms with Crippen molar-refractivity contribution in [3.8, 4) is 0 Å². The summed E-state index contributed by atoms with van der Waals surface area (Å²) >= 11 is 7.73. The van der Waals surface area contributed by atoms with E-state index in [0.717, 1.165) is 25.0 Å². The lowest BCUT2D eigenvalue weighted by molar-refractivity contribution is 0.266. The number of halogens is 1. The molecule has 0 spiro atoms. The highest BCUT2D eigenvalue weighted by Gasteiger charge is 2.35. The second-order valence-corrected chi connectivity index (χ2v) is 10.3. The summed E-state index contributed by atoms with van der Waals surface area (Å²) in [5.74, 6) is 1.99. The molecule has 0 bridgehead atoms. The minimum absolute atomic E-state index is 0.176. The molecule has 0 aromatic heterocycles. The van der Waals surface area contributed by atoms with Crippen LogP contribution in [0.15, 0.2) is 0 Å². The zero-order chi connectivity index (χ0) is 14.8. The summed E-state index contributed by atoms with van der Waals surface area (Å²) in [4.78, 5) is 0. The van der Waals surface area contributed by atoms with Gasteiger partial charge in [-0.05, 0) is 25.2 Å². The second-order valence-electron chi connectivity index (χ2n) is 6.26. The van der Waals surface area contributed by atoms with E-state index in [1.165, 1.54) is 0 Å². The molecule has 0 aromatic carbocycles. The molecule has 0 radical (unpaired) electrons. The molecule has 0 aromatic rings. The predicted octanol–water partition coefficient (Wildman–Crippen LogP) is 2.40. The number of rotatable bonds is 3. The van der Waals surface area contributed by atoms with E-state index in [-0.39, 0.29) is 4.75 Å². The fourth-order valence-corrected chi connectivity index (χ4v) is 5.86. The van der Waals surface area contributed by atoms with Crippen LogP contribution in [0.25, 0.3) is 0 Å². The molecule has 0 atom stereocenters. The van der Waals surface area contributed by atoms with Gasteiger partial charge in [0, 0.05) is 42.6 Å². The van der Waals surface area contributed by atoms with Gasteiger partial charge in [-0.1, -0.05) is 13.8 Å². The fraction of sp³-hybridized carbons (Fsp3) is 1.00. The van der Waals surface area contributed by atoms with Gasteiger partial charge >= 0.3 is 0 Å². The number of hydrogen-bond donors (Lipinski definition) is 0. The first-order valence-corrected chi connectivity index (χ1v) is 10.2. The van der Waals surface area contributed by atoms with Crippen molar-refractivity contribution < 1.29 is 8.42 Å². The topological polar surface area (TPSA) is 40.6 Å². The van der Waals surface area contributed by atoms with Crippen LogP contribution in [0.4, 0.5) is 0 Å². The molecule has 0 unspecified atom stereocenters. The van der Waals surface area contributed by atoms with Gasteiger partial charge in [-0.3, -0.25) is 0 Å². The molecular weight excluding hydrogens is 316 g/mol. The fourth-order valence-electron chi connectivity index (χ4n) is 2.69. The maximum atomic E-state index is 12.7. The van der Waals surface area contributed by atoms with Crippen LogP contribution < -0.4 is 0 Å². The first kappa shape index (κ1) is 16.9. The molecule has 118 valence electrons. The van der Waals surface area contributed by atoms with Crippen LogP contribution >= 0.6 is 23.4 Å². The molecule has 0 saturated carbocycles. The summed E-state index contributed by atoms with van der Waals surface area (Å²) < 4.78 is 28.9. The zero-order valence-electron chi connectivity index (χ0n) is 12.3. The summed E-state index contributed by atoms with van der Waals surface area (Å²) in [5.41, 5.74) is 0. The van der Waals surface area contributed by atoms with E-state index in [0.29, 0.717) is 38.0 Å². The van der Waals surface area contributed by atoms with Gasteiger partial charge in [-0.15, -0.1) is 11.6 Å². The maximum Gasteiger partial charge on any atom is 0.282 e. The van der Waals surface area contributed by atoms with Crippen LogP contribution in [0.5, 0.6) is 0 Å². The van der Waals surface area contributed by atoms with Crippen molar-refractivity contribution >= 4 is 33.6 Å². The molecule has 0 N–H and O–H groups in total. The van der Waals surface area contributed by atoms with Gasteiger partial charge in [0.2, 0.25) is 0 Å². The highest BCUT2D eigenvalue weighted by atomic mass is 35.5. The van der Waals surface area contributed by atoms with E-state index >= 15 is 0 Å². The molecule has 2 aliphatic rings. The highest BCUT2D eigenvalue weighted by Crippen LogP contribution is 2.32. The minimum Gasteiger partial charge on any atom is -0.195 e.